The van der Waals surface area contributed by atoms with Crippen LogP contribution in [0.2, 0.25) is 0 Å². The third-order valence-electron chi connectivity index (χ3n) is 9.87. The van der Waals surface area contributed by atoms with Crippen LogP contribution >= 0.6 is 0 Å². The summed E-state index contributed by atoms with van der Waals surface area (Å²) in [5.41, 5.74) is 10.8. The van der Waals surface area contributed by atoms with Gasteiger partial charge in [-0.25, -0.2) is 5.43 Å². The number of hydrogen-bond acceptors (Lipinski definition) is 21. The molecule has 3 aliphatic heterocycles. The molecule has 56 heavy (non-hydrogen) atoms. The lowest BCUT2D eigenvalue weighted by Crippen LogP contribution is -2.65. The fraction of sp³-hybridized carbons (Fsp3) is 0.912. The first-order valence-electron chi connectivity index (χ1n) is 18.9. The number of hydrazine groups is 1. The highest BCUT2D eigenvalue weighted by molar-refractivity contribution is 5.82. The number of ketones is 2. The Labute approximate surface area is 323 Å². The van der Waals surface area contributed by atoms with Crippen LogP contribution in [0.15, 0.2) is 0 Å². The van der Waals surface area contributed by atoms with E-state index in [0.29, 0.717) is 25.8 Å². The number of hydrogen-bond donors (Lipinski definition) is 13. The molecule has 22 nitrogen and oxygen atoms in total. The van der Waals surface area contributed by atoms with Gasteiger partial charge in [-0.3, -0.25) is 19.8 Å². The van der Waals surface area contributed by atoms with Gasteiger partial charge in [-0.05, 0) is 45.6 Å². The van der Waals surface area contributed by atoms with Crippen molar-refractivity contribution in [2.24, 2.45) is 5.73 Å². The van der Waals surface area contributed by atoms with Gasteiger partial charge in [-0.2, -0.15) is 0 Å². The van der Waals surface area contributed by atoms with Crippen molar-refractivity contribution < 1.29 is 93.9 Å². The molecule has 0 saturated carbocycles. The summed E-state index contributed by atoms with van der Waals surface area (Å²) in [4.78, 5) is 36.5. The average Bonchev–Trinajstić information content (AvgIpc) is 3.17. The predicted octanol–water partition coefficient (Wildman–Crippen LogP) is -5.93. The van der Waals surface area contributed by atoms with Gasteiger partial charge in [0.15, 0.2) is 18.9 Å². The maximum Gasteiger partial charge on any atom is 0.234 e. The number of Topliss-reactive ketones (excluding diaryl/α,β-unsaturated/α-hetero) is 2. The van der Waals surface area contributed by atoms with Gasteiger partial charge in [0.05, 0.1) is 32.5 Å². The molecule has 3 fully saturated rings. The Morgan fingerprint density at radius 2 is 1.20 bits per heavy atom. The third-order valence-corrected chi connectivity index (χ3v) is 9.87. The number of aliphatic hydroxyl groups is 10. The van der Waals surface area contributed by atoms with Crippen molar-refractivity contribution in [3.8, 4) is 0 Å². The summed E-state index contributed by atoms with van der Waals surface area (Å²) >= 11 is 0. The van der Waals surface area contributed by atoms with Crippen LogP contribution in [-0.2, 0) is 42.8 Å². The van der Waals surface area contributed by atoms with Gasteiger partial charge in [0.2, 0.25) is 5.91 Å². The van der Waals surface area contributed by atoms with Crippen LogP contribution in [0, 0.1) is 0 Å². The van der Waals surface area contributed by atoms with Gasteiger partial charge in [-0.1, -0.05) is 6.42 Å². The molecule has 0 aromatic carbocycles. The molecular weight excluding hydrogens is 754 g/mol. The Bertz CT molecular complexity index is 1190. The van der Waals surface area contributed by atoms with Crippen molar-refractivity contribution >= 4 is 17.5 Å². The van der Waals surface area contributed by atoms with E-state index in [1.807, 2.05) is 0 Å². The predicted molar refractivity (Wildman–Crippen MR) is 186 cm³/mol. The van der Waals surface area contributed by atoms with Crippen LogP contribution < -0.4 is 16.6 Å². The minimum Gasteiger partial charge on any atom is -0.394 e. The topological polar surface area (TPSA) is 359 Å². The number of carbonyl (C=O) groups excluding carboxylic acids is 3. The molecule has 22 heteroatoms. The van der Waals surface area contributed by atoms with Crippen LogP contribution in [-0.4, -0.2) is 200 Å². The normalized spacial score (nSPS) is 36.9. The van der Waals surface area contributed by atoms with E-state index in [1.54, 1.807) is 0 Å². The van der Waals surface area contributed by atoms with Gasteiger partial charge in [0.25, 0.3) is 0 Å². The van der Waals surface area contributed by atoms with Crippen molar-refractivity contribution in [2.45, 2.75) is 163 Å². The number of nitrogens with one attached hydrogen (secondary N) is 2. The van der Waals surface area contributed by atoms with E-state index < -0.39 is 118 Å². The molecule has 0 unspecified atom stereocenters. The molecule has 16 atom stereocenters. The Hall–Kier alpha value is -1.91. The quantitative estimate of drug-likeness (QED) is 0.0319. The SMILES string of the molecule is CC(=O)[C@H](CCCCN)NNC(=O)CCCCC(=O)CCCO[C@H]1O[C@H](CO[C@H]2O[C@H](CO)[C@@H](O)[C@H](O)[C@@H]2O)[C@@H](O)[C@H](O[C@H]2O[C@H](CO)[C@@H](O)[C@H](O)[C@@H]2O)[C@@H]1O. The zero-order valence-electron chi connectivity index (χ0n) is 31.4. The molecule has 3 saturated heterocycles. The first kappa shape index (κ1) is 48.5. The number of unbranched alkanes of at least 4 members (excludes halogenated alkanes) is 2. The standard InChI is InChI=1S/C34H61N3O19/c1-16(40)18(9-4-5-11-35)36-37-22(42)10-3-2-7-17(41)8-6-12-51-33-30(50)31(56-34-29(49)27(47)24(44)20(14-39)54-34)25(45)21(55-33)15-52-32-28(48)26(46)23(43)19(13-38)53-32/h18-21,23-34,36,38-39,43-50H,2-15,35H2,1H3,(H,37,42)/t18-,19+,20+,21+,23+,24+,25+,26-,27-,28-,29-,30-,31-,32-,33-,34+/m0/s1. The van der Waals surface area contributed by atoms with Crippen molar-refractivity contribution in [1.82, 2.24) is 10.9 Å². The monoisotopic (exact) mass is 815 g/mol. The fourth-order valence-electron chi connectivity index (χ4n) is 6.37. The first-order chi connectivity index (χ1) is 26.6. The van der Waals surface area contributed by atoms with Crippen LogP contribution in [0.1, 0.15) is 64.7 Å². The van der Waals surface area contributed by atoms with Crippen molar-refractivity contribution in [3.63, 3.8) is 0 Å². The van der Waals surface area contributed by atoms with E-state index in [9.17, 15) is 65.4 Å². The molecule has 0 aromatic heterocycles. The summed E-state index contributed by atoms with van der Waals surface area (Å²) in [6.07, 6.45) is -21.6. The van der Waals surface area contributed by atoms with E-state index in [0.717, 1.165) is 12.8 Å². The first-order valence-corrected chi connectivity index (χ1v) is 18.9. The van der Waals surface area contributed by atoms with E-state index >= 15 is 0 Å². The Morgan fingerprint density at radius 1 is 0.643 bits per heavy atom. The molecule has 14 N–H and O–H groups in total. The molecule has 0 spiro atoms. The summed E-state index contributed by atoms with van der Waals surface area (Å²) in [5.74, 6) is -0.558. The molecule has 0 bridgehead atoms. The van der Waals surface area contributed by atoms with Gasteiger partial charge in [0, 0.05) is 19.3 Å². The Morgan fingerprint density at radius 3 is 1.80 bits per heavy atom. The summed E-state index contributed by atoms with van der Waals surface area (Å²) in [6.45, 7) is -0.345. The zero-order valence-corrected chi connectivity index (χ0v) is 31.4. The van der Waals surface area contributed by atoms with Gasteiger partial charge >= 0.3 is 0 Å². The zero-order chi connectivity index (χ0) is 41.5. The Balaban J connectivity index is 1.53. The molecule has 3 aliphatic rings. The van der Waals surface area contributed by atoms with Crippen LogP contribution in [0.25, 0.3) is 0 Å². The lowest BCUT2D eigenvalue weighted by molar-refractivity contribution is -0.366. The largest absolute Gasteiger partial charge is 0.394 e. The molecule has 0 aliphatic carbocycles. The number of ether oxygens (including phenoxy) is 6. The number of amides is 1. The van der Waals surface area contributed by atoms with Crippen LogP contribution in [0.3, 0.4) is 0 Å². The summed E-state index contributed by atoms with van der Waals surface area (Å²) in [7, 11) is 0. The number of nitrogens with two attached hydrogens (primary N) is 1. The summed E-state index contributed by atoms with van der Waals surface area (Å²) in [5, 5.41) is 103. The Kier molecular flexibility index (Phi) is 21.0. The third kappa shape index (κ3) is 13.8. The molecule has 0 radical (unpaired) electrons. The highest BCUT2D eigenvalue weighted by atomic mass is 16.7. The van der Waals surface area contributed by atoms with Crippen molar-refractivity contribution in [2.75, 3.05) is 33.0 Å². The molecule has 1 amide bonds. The lowest BCUT2D eigenvalue weighted by atomic mass is 9.96. The van der Waals surface area contributed by atoms with Gasteiger partial charge < -0.3 is 85.2 Å². The minimum atomic E-state index is -1.90. The maximum atomic E-state index is 12.5. The van der Waals surface area contributed by atoms with Crippen LogP contribution in [0.4, 0.5) is 0 Å². The smallest absolute Gasteiger partial charge is 0.234 e. The highest BCUT2D eigenvalue weighted by Gasteiger charge is 2.52. The lowest BCUT2D eigenvalue weighted by Gasteiger charge is -2.46. The van der Waals surface area contributed by atoms with Crippen molar-refractivity contribution in [1.29, 1.82) is 0 Å². The number of carbonyl (C=O) groups is 3. The molecule has 3 rings (SSSR count). The summed E-state index contributed by atoms with van der Waals surface area (Å²) < 4.78 is 33.3. The fourth-order valence-corrected chi connectivity index (χ4v) is 6.37. The molecular formula is C34H61N3O19. The second-order valence-electron chi connectivity index (χ2n) is 14.2. The molecule has 326 valence electrons. The van der Waals surface area contributed by atoms with E-state index in [1.165, 1.54) is 6.92 Å². The molecule has 0 aromatic rings. The second-order valence-corrected chi connectivity index (χ2v) is 14.2. The van der Waals surface area contributed by atoms with E-state index in [4.69, 9.17) is 34.2 Å². The second kappa shape index (κ2) is 24.2. The number of aliphatic hydroxyl groups excluding tert-OH is 10. The molecule has 3 heterocycles. The summed E-state index contributed by atoms with van der Waals surface area (Å²) in [6, 6.07) is -0.518. The van der Waals surface area contributed by atoms with Gasteiger partial charge in [0.1, 0.15) is 84.8 Å². The average molecular weight is 816 g/mol. The number of rotatable bonds is 24. The van der Waals surface area contributed by atoms with E-state index in [-0.39, 0.29) is 49.8 Å². The van der Waals surface area contributed by atoms with Crippen molar-refractivity contribution in [3.05, 3.63) is 0 Å². The highest BCUT2D eigenvalue weighted by Crippen LogP contribution is 2.31. The maximum absolute atomic E-state index is 12.5. The minimum absolute atomic E-state index is 0.0662. The van der Waals surface area contributed by atoms with Gasteiger partial charge in [-0.15, -0.1) is 0 Å². The van der Waals surface area contributed by atoms with E-state index in [2.05, 4.69) is 10.9 Å². The van der Waals surface area contributed by atoms with Crippen LogP contribution in [0.5, 0.6) is 0 Å².